The van der Waals surface area contributed by atoms with Gasteiger partial charge < -0.3 is 15.3 Å². The second kappa shape index (κ2) is 10.0. The Morgan fingerprint density at radius 1 is 1.26 bits per heavy atom. The van der Waals surface area contributed by atoms with E-state index in [2.05, 4.69) is 5.32 Å². The van der Waals surface area contributed by atoms with E-state index in [1.807, 2.05) is 36.4 Å². The van der Waals surface area contributed by atoms with Crippen molar-refractivity contribution in [2.45, 2.75) is 25.7 Å². The number of nitrogens with one attached hydrogen (secondary N) is 1. The maximum Gasteiger partial charge on any atom is 0.303 e. The smallest absolute Gasteiger partial charge is 0.303 e. The fraction of sp³-hybridized carbons (Fsp3) is 0.353. The molecule has 0 saturated heterocycles. The molecular weight excluding hydrogens is 294 g/mol. The van der Waals surface area contributed by atoms with Crippen LogP contribution in [0, 0.1) is 11.3 Å². The van der Waals surface area contributed by atoms with Gasteiger partial charge in [-0.3, -0.25) is 9.59 Å². The van der Waals surface area contributed by atoms with Gasteiger partial charge in [0, 0.05) is 31.9 Å². The van der Waals surface area contributed by atoms with Crippen LogP contribution < -0.4 is 10.2 Å². The van der Waals surface area contributed by atoms with Gasteiger partial charge in [-0.05, 0) is 25.0 Å². The summed E-state index contributed by atoms with van der Waals surface area (Å²) in [5, 5.41) is 20.3. The van der Waals surface area contributed by atoms with Crippen molar-refractivity contribution in [3.05, 3.63) is 42.1 Å². The van der Waals surface area contributed by atoms with Gasteiger partial charge in [-0.2, -0.15) is 5.26 Å². The predicted octanol–water partition coefficient (Wildman–Crippen LogP) is 2.29. The zero-order valence-electron chi connectivity index (χ0n) is 13.2. The summed E-state index contributed by atoms with van der Waals surface area (Å²) in [7, 11) is 1.77. The van der Waals surface area contributed by atoms with Gasteiger partial charge in [0.25, 0.3) is 5.91 Å². The number of para-hydroxylation sites is 1. The lowest BCUT2D eigenvalue weighted by atomic mass is 10.2. The lowest BCUT2D eigenvalue weighted by molar-refractivity contribution is -0.137. The Balaban J connectivity index is 2.44. The SMILES string of the molecule is CN(/C=C(/C#N)C(=O)NCCCCCC(=O)O)c1ccccc1. The average Bonchev–Trinajstić information content (AvgIpc) is 2.55. The highest BCUT2D eigenvalue weighted by Gasteiger charge is 2.09. The first-order valence-electron chi connectivity index (χ1n) is 7.44. The van der Waals surface area contributed by atoms with Gasteiger partial charge in [-0.15, -0.1) is 0 Å². The first-order chi connectivity index (χ1) is 11.0. The van der Waals surface area contributed by atoms with Gasteiger partial charge in [0.2, 0.25) is 0 Å². The van der Waals surface area contributed by atoms with Crippen LogP contribution in [0.2, 0.25) is 0 Å². The number of carbonyl (C=O) groups excluding carboxylic acids is 1. The standard InChI is InChI=1S/C17H21N3O3/c1-20(15-8-4-2-5-9-15)13-14(12-18)17(23)19-11-7-3-6-10-16(21)22/h2,4-5,8-9,13H,3,6-7,10-11H2,1H3,(H,19,23)(H,21,22)/b14-13-. The number of anilines is 1. The number of carbonyl (C=O) groups is 2. The van der Waals surface area contributed by atoms with Crippen molar-refractivity contribution >= 4 is 17.6 Å². The van der Waals surface area contributed by atoms with Crippen LogP contribution in [0.3, 0.4) is 0 Å². The van der Waals surface area contributed by atoms with E-state index in [1.54, 1.807) is 11.9 Å². The molecule has 0 aromatic heterocycles. The summed E-state index contributed by atoms with van der Waals surface area (Å²) in [4.78, 5) is 24.0. The highest BCUT2D eigenvalue weighted by atomic mass is 16.4. The summed E-state index contributed by atoms with van der Waals surface area (Å²) < 4.78 is 0. The molecule has 0 heterocycles. The van der Waals surface area contributed by atoms with E-state index in [4.69, 9.17) is 10.4 Å². The topological polar surface area (TPSA) is 93.4 Å². The predicted molar refractivity (Wildman–Crippen MR) is 87.7 cm³/mol. The normalized spacial score (nSPS) is 10.7. The second-order valence-corrected chi connectivity index (χ2v) is 5.06. The minimum absolute atomic E-state index is 0.0295. The lowest BCUT2D eigenvalue weighted by Crippen LogP contribution is -2.27. The zero-order valence-corrected chi connectivity index (χ0v) is 13.2. The van der Waals surface area contributed by atoms with Crippen LogP contribution in [0.15, 0.2) is 42.1 Å². The number of nitriles is 1. The molecule has 0 saturated carbocycles. The molecule has 0 aliphatic rings. The fourth-order valence-corrected chi connectivity index (χ4v) is 1.94. The summed E-state index contributed by atoms with van der Waals surface area (Å²) in [5.41, 5.74) is 0.906. The number of benzene rings is 1. The van der Waals surface area contributed by atoms with Gasteiger partial charge >= 0.3 is 5.97 Å². The maximum atomic E-state index is 12.0. The molecule has 2 N–H and O–H groups in total. The minimum Gasteiger partial charge on any atom is -0.481 e. The number of unbranched alkanes of at least 4 members (excludes halogenated alkanes) is 2. The molecule has 0 atom stereocenters. The van der Waals surface area contributed by atoms with Crippen molar-refractivity contribution in [3.63, 3.8) is 0 Å². The van der Waals surface area contributed by atoms with Gasteiger partial charge in [-0.1, -0.05) is 24.6 Å². The number of carboxylic acid groups (broad SMARTS) is 1. The van der Waals surface area contributed by atoms with E-state index in [9.17, 15) is 9.59 Å². The molecule has 0 aliphatic heterocycles. The number of carboxylic acids is 1. The molecule has 0 fully saturated rings. The van der Waals surface area contributed by atoms with Gasteiger partial charge in [0.1, 0.15) is 11.6 Å². The molecule has 122 valence electrons. The van der Waals surface area contributed by atoms with Crippen LogP contribution in [0.1, 0.15) is 25.7 Å². The van der Waals surface area contributed by atoms with E-state index >= 15 is 0 Å². The van der Waals surface area contributed by atoms with Crippen LogP contribution >= 0.6 is 0 Å². The van der Waals surface area contributed by atoms with Gasteiger partial charge in [0.15, 0.2) is 0 Å². The Kier molecular flexibility index (Phi) is 7.94. The van der Waals surface area contributed by atoms with Crippen molar-refractivity contribution in [2.75, 3.05) is 18.5 Å². The van der Waals surface area contributed by atoms with Crippen molar-refractivity contribution in [2.24, 2.45) is 0 Å². The van der Waals surface area contributed by atoms with Crippen molar-refractivity contribution in [1.82, 2.24) is 5.32 Å². The number of hydrogen-bond acceptors (Lipinski definition) is 4. The molecule has 23 heavy (non-hydrogen) atoms. The Morgan fingerprint density at radius 2 is 1.96 bits per heavy atom. The molecule has 1 aromatic carbocycles. The summed E-state index contributed by atoms with van der Waals surface area (Å²) in [6, 6.07) is 11.3. The molecule has 0 aliphatic carbocycles. The van der Waals surface area contributed by atoms with Crippen molar-refractivity contribution in [1.29, 1.82) is 5.26 Å². The van der Waals surface area contributed by atoms with Gasteiger partial charge in [0.05, 0.1) is 0 Å². The molecule has 6 nitrogen and oxygen atoms in total. The molecule has 1 amide bonds. The van der Waals surface area contributed by atoms with Crippen LogP contribution in [-0.2, 0) is 9.59 Å². The zero-order chi connectivity index (χ0) is 17.1. The number of hydrogen-bond donors (Lipinski definition) is 2. The van der Waals surface area contributed by atoms with Gasteiger partial charge in [-0.25, -0.2) is 0 Å². The van der Waals surface area contributed by atoms with Crippen LogP contribution in [-0.4, -0.2) is 30.6 Å². The summed E-state index contributed by atoms with van der Waals surface area (Å²) in [6.07, 6.45) is 3.63. The second-order valence-electron chi connectivity index (χ2n) is 5.06. The minimum atomic E-state index is -0.812. The molecule has 0 spiro atoms. The lowest BCUT2D eigenvalue weighted by Gasteiger charge is -2.14. The Bertz CT molecular complexity index is 591. The third-order valence-electron chi connectivity index (χ3n) is 3.20. The highest BCUT2D eigenvalue weighted by Crippen LogP contribution is 2.12. The van der Waals surface area contributed by atoms with Crippen molar-refractivity contribution in [3.8, 4) is 6.07 Å². The monoisotopic (exact) mass is 315 g/mol. The maximum absolute atomic E-state index is 12.0. The quantitative estimate of drug-likeness (QED) is 0.414. The summed E-state index contributed by atoms with van der Waals surface area (Å²) in [5.74, 6) is -1.23. The largest absolute Gasteiger partial charge is 0.481 e. The number of aliphatic carboxylic acids is 1. The summed E-state index contributed by atoms with van der Waals surface area (Å²) >= 11 is 0. The molecule has 0 bridgehead atoms. The fourth-order valence-electron chi connectivity index (χ4n) is 1.94. The van der Waals surface area contributed by atoms with Crippen LogP contribution in [0.25, 0.3) is 0 Å². The highest BCUT2D eigenvalue weighted by molar-refractivity contribution is 5.97. The van der Waals surface area contributed by atoms with Crippen molar-refractivity contribution < 1.29 is 14.7 Å². The Morgan fingerprint density at radius 3 is 2.57 bits per heavy atom. The molecule has 0 unspecified atom stereocenters. The number of rotatable bonds is 9. The molecule has 1 rings (SSSR count). The van der Waals surface area contributed by atoms with E-state index in [0.29, 0.717) is 19.4 Å². The molecular formula is C17H21N3O3. The summed E-state index contributed by atoms with van der Waals surface area (Å²) in [6.45, 7) is 0.423. The third-order valence-corrected chi connectivity index (χ3v) is 3.20. The first kappa shape index (κ1) is 18.2. The number of nitrogens with zero attached hydrogens (tertiary/aromatic N) is 2. The van der Waals surface area contributed by atoms with E-state index < -0.39 is 11.9 Å². The molecule has 0 radical (unpaired) electrons. The van der Waals surface area contributed by atoms with Crippen LogP contribution in [0.5, 0.6) is 0 Å². The Hall–Kier alpha value is -2.81. The first-order valence-corrected chi connectivity index (χ1v) is 7.44. The molecule has 6 heteroatoms. The number of amides is 1. The molecule has 1 aromatic rings. The van der Waals surface area contributed by atoms with E-state index in [1.165, 1.54) is 6.20 Å². The average molecular weight is 315 g/mol. The Labute approximate surface area is 136 Å². The van der Waals surface area contributed by atoms with E-state index in [-0.39, 0.29) is 12.0 Å². The third kappa shape index (κ3) is 7.14. The van der Waals surface area contributed by atoms with E-state index in [0.717, 1.165) is 12.1 Å². The van der Waals surface area contributed by atoms with Crippen LogP contribution in [0.4, 0.5) is 5.69 Å².